The van der Waals surface area contributed by atoms with E-state index >= 15 is 0 Å². The van der Waals surface area contributed by atoms with Gasteiger partial charge in [-0.25, -0.2) is 0 Å². The van der Waals surface area contributed by atoms with Gasteiger partial charge in [0.15, 0.2) is 17.1 Å². The molecule has 0 aliphatic carbocycles. The van der Waals surface area contributed by atoms with Crippen molar-refractivity contribution in [1.29, 1.82) is 0 Å². The van der Waals surface area contributed by atoms with E-state index in [0.29, 0.717) is 5.88 Å². The van der Waals surface area contributed by atoms with Crippen molar-refractivity contribution in [3.63, 3.8) is 0 Å². The average Bonchev–Trinajstić information content (AvgIpc) is 2.65. The third kappa shape index (κ3) is 0.783. The van der Waals surface area contributed by atoms with Gasteiger partial charge >= 0.3 is 0 Å². The topological polar surface area (TPSA) is 52.3 Å². The number of nitrogen functional groups attached to an aromatic ring is 1. The molecule has 0 spiro atoms. The number of furan rings is 2. The predicted molar refractivity (Wildman–Crippen MR) is 50.4 cm³/mol. The van der Waals surface area contributed by atoms with Crippen LogP contribution in [0.15, 0.2) is 39.4 Å². The number of benzene rings is 1. The van der Waals surface area contributed by atoms with Crippen molar-refractivity contribution in [2.45, 2.75) is 0 Å². The Hall–Kier alpha value is -1.90. The fraction of sp³-hybridized carbons (Fsp3) is 0. The zero-order valence-electron chi connectivity index (χ0n) is 6.78. The van der Waals surface area contributed by atoms with E-state index in [1.165, 1.54) is 0 Å². The van der Waals surface area contributed by atoms with Crippen molar-refractivity contribution in [2.24, 2.45) is 0 Å². The van der Waals surface area contributed by atoms with E-state index in [2.05, 4.69) is 0 Å². The van der Waals surface area contributed by atoms with E-state index in [1.807, 2.05) is 18.2 Å². The Labute approximate surface area is 73.7 Å². The van der Waals surface area contributed by atoms with Crippen molar-refractivity contribution in [1.82, 2.24) is 0 Å². The van der Waals surface area contributed by atoms with Crippen molar-refractivity contribution in [3.8, 4) is 0 Å². The van der Waals surface area contributed by atoms with Crippen LogP contribution in [-0.4, -0.2) is 0 Å². The minimum Gasteiger partial charge on any atom is -0.460 e. The Balaban J connectivity index is 2.64. The molecule has 0 amide bonds. The quantitative estimate of drug-likeness (QED) is 0.568. The molecule has 64 valence electrons. The third-order valence-corrected chi connectivity index (χ3v) is 2.12. The van der Waals surface area contributed by atoms with Gasteiger partial charge < -0.3 is 14.6 Å². The van der Waals surface area contributed by atoms with Gasteiger partial charge in [-0.05, 0) is 6.07 Å². The number of nitrogens with two attached hydrogens (primary N) is 1. The Morgan fingerprint density at radius 2 is 1.85 bits per heavy atom. The first-order chi connectivity index (χ1) is 6.34. The molecule has 0 bridgehead atoms. The van der Waals surface area contributed by atoms with E-state index in [4.69, 9.17) is 14.6 Å². The molecule has 0 aliphatic heterocycles. The highest BCUT2D eigenvalue weighted by Gasteiger charge is 2.07. The molecule has 3 aromatic rings. The molecule has 0 saturated heterocycles. The molecule has 3 rings (SSSR count). The standard InChI is InChI=1S/C10H7NO2/c11-8-5-7-2-1-6-3-4-12-9(6)10(7)13-8/h1-5H,11H2. The normalized spacial score (nSPS) is 11.4. The molecular formula is C10H7NO2. The highest BCUT2D eigenvalue weighted by Crippen LogP contribution is 2.29. The van der Waals surface area contributed by atoms with Crippen LogP contribution in [0.25, 0.3) is 21.9 Å². The minimum atomic E-state index is 0.416. The molecule has 1 aromatic carbocycles. The van der Waals surface area contributed by atoms with Gasteiger partial charge in [0.25, 0.3) is 0 Å². The maximum atomic E-state index is 5.54. The molecule has 2 heterocycles. The fourth-order valence-corrected chi connectivity index (χ4v) is 1.54. The van der Waals surface area contributed by atoms with Crippen molar-refractivity contribution in [3.05, 3.63) is 30.5 Å². The van der Waals surface area contributed by atoms with Gasteiger partial charge in [0.2, 0.25) is 0 Å². The van der Waals surface area contributed by atoms with Gasteiger partial charge in [0, 0.05) is 16.8 Å². The van der Waals surface area contributed by atoms with Crippen LogP contribution in [0.4, 0.5) is 5.88 Å². The lowest BCUT2D eigenvalue weighted by atomic mass is 10.2. The number of fused-ring (bicyclic) bond motifs is 3. The highest BCUT2D eigenvalue weighted by molar-refractivity contribution is 6.01. The van der Waals surface area contributed by atoms with Crippen LogP contribution < -0.4 is 5.73 Å². The lowest BCUT2D eigenvalue weighted by Crippen LogP contribution is -1.75. The van der Waals surface area contributed by atoms with E-state index in [0.717, 1.165) is 21.9 Å². The van der Waals surface area contributed by atoms with E-state index < -0.39 is 0 Å². The van der Waals surface area contributed by atoms with Crippen LogP contribution in [0.3, 0.4) is 0 Å². The molecule has 0 fully saturated rings. The summed E-state index contributed by atoms with van der Waals surface area (Å²) in [5, 5.41) is 2.00. The second kappa shape index (κ2) is 2.07. The van der Waals surface area contributed by atoms with Gasteiger partial charge in [0.1, 0.15) is 0 Å². The first-order valence-electron chi connectivity index (χ1n) is 4.00. The smallest absolute Gasteiger partial charge is 0.191 e. The predicted octanol–water partition coefficient (Wildman–Crippen LogP) is 2.76. The summed E-state index contributed by atoms with van der Waals surface area (Å²) in [6.45, 7) is 0. The molecule has 0 radical (unpaired) electrons. The molecule has 2 aromatic heterocycles. The van der Waals surface area contributed by atoms with Crippen LogP contribution in [0.1, 0.15) is 0 Å². The molecular weight excluding hydrogens is 166 g/mol. The summed E-state index contributed by atoms with van der Waals surface area (Å²) in [5.74, 6) is 0.416. The molecule has 2 N–H and O–H groups in total. The minimum absolute atomic E-state index is 0.416. The zero-order chi connectivity index (χ0) is 8.84. The molecule has 3 heteroatoms. The molecule has 0 saturated carbocycles. The molecule has 13 heavy (non-hydrogen) atoms. The summed E-state index contributed by atoms with van der Waals surface area (Å²) < 4.78 is 10.6. The van der Waals surface area contributed by atoms with Gasteiger partial charge in [-0.15, -0.1) is 0 Å². The number of rotatable bonds is 0. The van der Waals surface area contributed by atoms with Crippen LogP contribution >= 0.6 is 0 Å². The van der Waals surface area contributed by atoms with E-state index in [1.54, 1.807) is 12.3 Å². The molecule has 0 unspecified atom stereocenters. The second-order valence-electron chi connectivity index (χ2n) is 2.97. The van der Waals surface area contributed by atoms with E-state index in [9.17, 15) is 0 Å². The molecule has 3 nitrogen and oxygen atoms in total. The second-order valence-corrected chi connectivity index (χ2v) is 2.97. The lowest BCUT2D eigenvalue weighted by molar-refractivity contribution is 0.591. The molecule has 0 atom stereocenters. The third-order valence-electron chi connectivity index (χ3n) is 2.12. The van der Waals surface area contributed by atoms with Crippen molar-refractivity contribution in [2.75, 3.05) is 5.73 Å². The Morgan fingerprint density at radius 1 is 1.00 bits per heavy atom. The summed E-state index contributed by atoms with van der Waals surface area (Å²) in [4.78, 5) is 0. The summed E-state index contributed by atoms with van der Waals surface area (Å²) in [7, 11) is 0. The number of hydrogen-bond donors (Lipinski definition) is 1. The number of hydrogen-bond acceptors (Lipinski definition) is 3. The highest BCUT2D eigenvalue weighted by atomic mass is 16.4. The Morgan fingerprint density at radius 3 is 2.77 bits per heavy atom. The average molecular weight is 173 g/mol. The summed E-state index contributed by atoms with van der Waals surface area (Å²) in [6, 6.07) is 7.63. The zero-order valence-corrected chi connectivity index (χ0v) is 6.78. The van der Waals surface area contributed by atoms with Crippen molar-refractivity contribution >= 4 is 27.8 Å². The maximum absolute atomic E-state index is 5.54. The SMILES string of the molecule is Nc1cc2ccc3ccoc3c2o1. The molecule has 0 aliphatic rings. The largest absolute Gasteiger partial charge is 0.460 e. The van der Waals surface area contributed by atoms with Gasteiger partial charge in [-0.3, -0.25) is 0 Å². The van der Waals surface area contributed by atoms with Crippen LogP contribution in [0.5, 0.6) is 0 Å². The Bertz CT molecular complexity index is 577. The number of anilines is 1. The first-order valence-corrected chi connectivity index (χ1v) is 4.00. The fourth-order valence-electron chi connectivity index (χ4n) is 1.54. The summed E-state index contributed by atoms with van der Waals surface area (Å²) in [6.07, 6.45) is 1.64. The van der Waals surface area contributed by atoms with Crippen LogP contribution in [0.2, 0.25) is 0 Å². The van der Waals surface area contributed by atoms with Crippen LogP contribution in [0, 0.1) is 0 Å². The summed E-state index contributed by atoms with van der Waals surface area (Å²) >= 11 is 0. The lowest BCUT2D eigenvalue weighted by Gasteiger charge is -1.88. The van der Waals surface area contributed by atoms with Crippen molar-refractivity contribution < 1.29 is 8.83 Å². The first kappa shape index (κ1) is 6.60. The Kier molecular flexibility index (Phi) is 1.05. The van der Waals surface area contributed by atoms with Gasteiger partial charge in [-0.2, -0.15) is 0 Å². The van der Waals surface area contributed by atoms with Gasteiger partial charge in [-0.1, -0.05) is 12.1 Å². The van der Waals surface area contributed by atoms with Gasteiger partial charge in [0.05, 0.1) is 6.26 Å². The van der Waals surface area contributed by atoms with Crippen LogP contribution in [-0.2, 0) is 0 Å². The monoisotopic (exact) mass is 173 g/mol. The maximum Gasteiger partial charge on any atom is 0.191 e. The summed E-state index contributed by atoms with van der Waals surface area (Å²) in [5.41, 5.74) is 7.02. The van der Waals surface area contributed by atoms with E-state index in [-0.39, 0.29) is 0 Å².